The van der Waals surface area contributed by atoms with Crippen LogP contribution in [0.1, 0.15) is 22.9 Å². The lowest BCUT2D eigenvalue weighted by atomic mass is 9.99. The summed E-state index contributed by atoms with van der Waals surface area (Å²) in [6.07, 6.45) is 0.716. The monoisotopic (exact) mass is 430 g/mol. The van der Waals surface area contributed by atoms with Crippen LogP contribution in [-0.2, 0) is 9.59 Å². The number of likely N-dealkylation sites (tertiary alicyclic amines) is 1. The molecule has 160 valence electrons. The molecule has 0 saturated carbocycles. The quantitative estimate of drug-likeness (QED) is 0.394. The van der Waals surface area contributed by atoms with Gasteiger partial charge in [-0.3, -0.25) is 9.59 Å². The van der Waals surface area contributed by atoms with E-state index in [2.05, 4.69) is 0 Å². The molecular weight excluding hydrogens is 404 g/mol. The number of carbonyl (C=O) groups is 2. The van der Waals surface area contributed by atoms with Crippen LogP contribution in [-0.4, -0.2) is 68.0 Å². The summed E-state index contributed by atoms with van der Waals surface area (Å²) < 4.78 is 10.6. The van der Waals surface area contributed by atoms with E-state index in [0.29, 0.717) is 30.0 Å². The van der Waals surface area contributed by atoms with Crippen molar-refractivity contribution in [3.63, 3.8) is 0 Å². The van der Waals surface area contributed by atoms with Gasteiger partial charge >= 0.3 is 0 Å². The molecule has 0 radical (unpaired) electrons. The molecule has 3 rings (SSSR count). The van der Waals surface area contributed by atoms with E-state index in [9.17, 15) is 14.7 Å². The van der Waals surface area contributed by atoms with Crippen LogP contribution in [0.15, 0.2) is 41.3 Å². The number of nitrogens with zero attached hydrogens (tertiary/aromatic N) is 2. The van der Waals surface area contributed by atoms with Crippen molar-refractivity contribution in [3.8, 4) is 11.5 Å². The maximum atomic E-state index is 13.0. The van der Waals surface area contributed by atoms with Gasteiger partial charge in [-0.15, -0.1) is 11.3 Å². The minimum absolute atomic E-state index is 0.0794. The van der Waals surface area contributed by atoms with Crippen molar-refractivity contribution >= 4 is 28.8 Å². The highest BCUT2D eigenvalue weighted by Gasteiger charge is 2.46. The molecule has 30 heavy (non-hydrogen) atoms. The molecule has 2 aromatic rings. The summed E-state index contributed by atoms with van der Waals surface area (Å²) in [6, 6.07) is 8.04. The highest BCUT2D eigenvalue weighted by Crippen LogP contribution is 2.42. The Labute approximate surface area is 180 Å². The molecule has 0 bridgehead atoms. The van der Waals surface area contributed by atoms with E-state index in [1.165, 1.54) is 25.6 Å². The van der Waals surface area contributed by atoms with Crippen LogP contribution >= 0.6 is 11.3 Å². The molecule has 1 aromatic carbocycles. The molecule has 1 unspecified atom stereocenters. The lowest BCUT2D eigenvalue weighted by Crippen LogP contribution is -2.32. The third-order valence-corrected chi connectivity index (χ3v) is 5.95. The fourth-order valence-corrected chi connectivity index (χ4v) is 4.40. The van der Waals surface area contributed by atoms with Crippen LogP contribution in [0.5, 0.6) is 11.5 Å². The molecule has 1 fully saturated rings. The summed E-state index contributed by atoms with van der Waals surface area (Å²) in [5.41, 5.74) is 0.418. The Morgan fingerprint density at radius 3 is 2.57 bits per heavy atom. The van der Waals surface area contributed by atoms with Gasteiger partial charge in [-0.1, -0.05) is 6.07 Å². The summed E-state index contributed by atoms with van der Waals surface area (Å²) in [5.74, 6) is -0.617. The minimum Gasteiger partial charge on any atom is -0.507 e. The summed E-state index contributed by atoms with van der Waals surface area (Å²) in [6.45, 7) is 1.20. The maximum absolute atomic E-state index is 13.0. The first-order valence-electron chi connectivity index (χ1n) is 9.58. The van der Waals surface area contributed by atoms with E-state index in [1.807, 2.05) is 36.5 Å². The predicted molar refractivity (Wildman–Crippen MR) is 116 cm³/mol. The van der Waals surface area contributed by atoms with E-state index in [1.54, 1.807) is 23.1 Å². The average Bonchev–Trinajstić information content (AvgIpc) is 3.35. The van der Waals surface area contributed by atoms with E-state index >= 15 is 0 Å². The molecule has 1 amide bonds. The first kappa shape index (κ1) is 21.9. The second kappa shape index (κ2) is 9.32. The van der Waals surface area contributed by atoms with Gasteiger partial charge in [0.2, 0.25) is 0 Å². The van der Waals surface area contributed by atoms with Crippen LogP contribution in [0.3, 0.4) is 0 Å². The smallest absolute Gasteiger partial charge is 0.295 e. The first-order valence-corrected chi connectivity index (χ1v) is 10.5. The van der Waals surface area contributed by atoms with Crippen LogP contribution in [0, 0.1) is 0 Å². The molecule has 7 nitrogen and oxygen atoms in total. The molecule has 8 heteroatoms. The van der Waals surface area contributed by atoms with Gasteiger partial charge in [0.1, 0.15) is 17.3 Å². The summed E-state index contributed by atoms with van der Waals surface area (Å²) >= 11 is 1.45. The third kappa shape index (κ3) is 4.20. The number of ether oxygens (including phenoxy) is 2. The van der Waals surface area contributed by atoms with E-state index in [4.69, 9.17) is 9.47 Å². The Balaban J connectivity index is 2.09. The number of methoxy groups -OCH3 is 2. The van der Waals surface area contributed by atoms with Gasteiger partial charge in [-0.25, -0.2) is 0 Å². The van der Waals surface area contributed by atoms with Crippen LogP contribution in [0.2, 0.25) is 0 Å². The van der Waals surface area contributed by atoms with Crippen molar-refractivity contribution in [2.45, 2.75) is 12.5 Å². The van der Waals surface area contributed by atoms with Crippen molar-refractivity contribution in [2.24, 2.45) is 0 Å². The number of hydrogen-bond donors (Lipinski definition) is 1. The molecule has 2 heterocycles. The lowest BCUT2D eigenvalue weighted by molar-refractivity contribution is -0.139. The molecular formula is C22H26N2O5S. The van der Waals surface area contributed by atoms with Gasteiger partial charge in [0.25, 0.3) is 11.7 Å². The van der Waals surface area contributed by atoms with E-state index < -0.39 is 17.7 Å². The maximum Gasteiger partial charge on any atom is 0.295 e. The topological polar surface area (TPSA) is 79.3 Å². The number of thiophene rings is 1. The van der Waals surface area contributed by atoms with Crippen LogP contribution in [0.25, 0.3) is 5.76 Å². The fraction of sp³-hybridized carbons (Fsp3) is 0.364. The number of aliphatic hydroxyl groups excluding tert-OH is 1. The predicted octanol–water partition coefficient (Wildman–Crippen LogP) is 3.14. The highest BCUT2D eigenvalue weighted by atomic mass is 32.1. The lowest BCUT2D eigenvalue weighted by Gasteiger charge is -2.24. The first-order chi connectivity index (χ1) is 14.4. The zero-order valence-corrected chi connectivity index (χ0v) is 18.4. The SMILES string of the molecule is COc1ccc(/C(O)=C2\C(=O)C(=O)N(CCCN(C)C)C2c2cccs2)c(OC)c1. The van der Waals surface area contributed by atoms with Crippen molar-refractivity contribution < 1.29 is 24.2 Å². The number of rotatable bonds is 8. The number of carbonyl (C=O) groups excluding carboxylic acids is 2. The van der Waals surface area contributed by atoms with Gasteiger partial charge in [0.05, 0.1) is 31.4 Å². The fourth-order valence-electron chi connectivity index (χ4n) is 3.55. The van der Waals surface area contributed by atoms with Crippen molar-refractivity contribution in [3.05, 3.63) is 51.7 Å². The zero-order valence-electron chi connectivity index (χ0n) is 17.5. The van der Waals surface area contributed by atoms with Crippen molar-refractivity contribution in [1.29, 1.82) is 0 Å². The molecule has 1 N–H and O–H groups in total. The number of ketones is 1. The third-order valence-electron chi connectivity index (χ3n) is 5.02. The Morgan fingerprint density at radius 1 is 1.20 bits per heavy atom. The molecule has 1 saturated heterocycles. The molecule has 1 aliphatic rings. The molecule has 1 aliphatic heterocycles. The van der Waals surface area contributed by atoms with Gasteiger partial charge in [0.15, 0.2) is 0 Å². The summed E-state index contributed by atoms with van der Waals surface area (Å²) in [4.78, 5) is 30.2. The van der Waals surface area contributed by atoms with E-state index in [0.717, 1.165) is 11.4 Å². The molecule has 1 atom stereocenters. The summed E-state index contributed by atoms with van der Waals surface area (Å²) in [5, 5.41) is 13.0. The van der Waals surface area contributed by atoms with Crippen LogP contribution < -0.4 is 9.47 Å². The zero-order chi connectivity index (χ0) is 21.8. The average molecular weight is 431 g/mol. The summed E-state index contributed by atoms with van der Waals surface area (Å²) in [7, 11) is 6.92. The van der Waals surface area contributed by atoms with Gasteiger partial charge < -0.3 is 24.4 Å². The van der Waals surface area contributed by atoms with Gasteiger partial charge in [0, 0.05) is 17.5 Å². The molecule has 0 spiro atoms. The number of aliphatic hydroxyl groups is 1. The minimum atomic E-state index is -0.686. The van der Waals surface area contributed by atoms with Crippen molar-refractivity contribution in [1.82, 2.24) is 9.80 Å². The number of Topliss-reactive ketones (excluding diaryl/α,β-unsaturated/α-hetero) is 1. The number of amides is 1. The normalized spacial score (nSPS) is 18.3. The Kier molecular flexibility index (Phi) is 6.79. The Hall–Kier alpha value is -2.84. The van der Waals surface area contributed by atoms with E-state index in [-0.39, 0.29) is 11.3 Å². The molecule has 0 aliphatic carbocycles. The van der Waals surface area contributed by atoms with Gasteiger partial charge in [-0.2, -0.15) is 0 Å². The van der Waals surface area contributed by atoms with Crippen molar-refractivity contribution in [2.75, 3.05) is 41.4 Å². The Bertz CT molecular complexity index is 952. The second-order valence-corrected chi connectivity index (χ2v) is 8.21. The van der Waals surface area contributed by atoms with Crippen LogP contribution in [0.4, 0.5) is 0 Å². The highest BCUT2D eigenvalue weighted by molar-refractivity contribution is 7.10. The number of hydrogen-bond acceptors (Lipinski definition) is 7. The number of benzene rings is 1. The molecule has 1 aromatic heterocycles. The second-order valence-electron chi connectivity index (χ2n) is 7.23. The standard InChI is InChI=1S/C22H26N2O5S/c1-23(2)10-6-11-24-19(17-7-5-12-30-17)18(21(26)22(24)27)20(25)15-9-8-14(28-3)13-16(15)29-4/h5,7-9,12-13,19,25H,6,10-11H2,1-4H3/b20-18+. The Morgan fingerprint density at radius 2 is 1.97 bits per heavy atom. The largest absolute Gasteiger partial charge is 0.507 e. The van der Waals surface area contributed by atoms with Gasteiger partial charge in [-0.05, 0) is 50.6 Å².